The predicted molar refractivity (Wildman–Crippen MR) is 74.6 cm³/mol. The zero-order chi connectivity index (χ0) is 14.1. The summed E-state index contributed by atoms with van der Waals surface area (Å²) in [5.41, 5.74) is 2.60. The summed E-state index contributed by atoms with van der Waals surface area (Å²) in [6.07, 6.45) is 2.25. The van der Waals surface area contributed by atoms with E-state index in [2.05, 4.69) is 20.4 Å². The van der Waals surface area contributed by atoms with Crippen LogP contribution in [0.2, 0.25) is 0 Å². The largest absolute Gasteiger partial charge is 0.340 e. The van der Waals surface area contributed by atoms with Crippen LogP contribution >= 0.6 is 0 Å². The van der Waals surface area contributed by atoms with E-state index in [1.807, 2.05) is 13.8 Å². The molecule has 0 aliphatic rings. The fourth-order valence-electron chi connectivity index (χ4n) is 2.24. The first-order valence-corrected chi connectivity index (χ1v) is 6.41. The smallest absolute Gasteiger partial charge is 0.254 e. The molecule has 1 aromatic carbocycles. The van der Waals surface area contributed by atoms with Crippen molar-refractivity contribution in [2.75, 3.05) is 5.32 Å². The molecule has 0 radical (unpaired) electrons. The normalized spacial score (nSPS) is 10.9. The summed E-state index contributed by atoms with van der Waals surface area (Å²) in [7, 11) is 0. The van der Waals surface area contributed by atoms with Crippen molar-refractivity contribution in [2.24, 2.45) is 0 Å². The van der Waals surface area contributed by atoms with E-state index in [1.54, 1.807) is 16.6 Å². The van der Waals surface area contributed by atoms with Gasteiger partial charge in [-0.1, -0.05) is 13.0 Å². The lowest BCUT2D eigenvalue weighted by Gasteiger charge is -2.14. The van der Waals surface area contributed by atoms with Gasteiger partial charge in [-0.15, -0.1) is 0 Å². The van der Waals surface area contributed by atoms with Gasteiger partial charge in [0.15, 0.2) is 0 Å². The number of nitrogens with one attached hydrogen (secondary N) is 1. The van der Waals surface area contributed by atoms with E-state index >= 15 is 0 Å². The van der Waals surface area contributed by atoms with Crippen LogP contribution in [0.15, 0.2) is 30.6 Å². The Morgan fingerprint density at radius 2 is 2.20 bits per heavy atom. The maximum Gasteiger partial charge on any atom is 0.254 e. The number of anilines is 2. The number of benzene rings is 1. The highest BCUT2D eigenvalue weighted by Crippen LogP contribution is 2.24. The summed E-state index contributed by atoms with van der Waals surface area (Å²) in [5.74, 6) is 1.02. The zero-order valence-corrected chi connectivity index (χ0v) is 11.3. The number of aryl methyl sites for hydroxylation is 1. The number of halogens is 1. The van der Waals surface area contributed by atoms with E-state index in [1.165, 1.54) is 18.5 Å². The van der Waals surface area contributed by atoms with Gasteiger partial charge in [-0.2, -0.15) is 14.6 Å². The quantitative estimate of drug-likeness (QED) is 0.795. The number of aromatic nitrogens is 4. The molecule has 102 valence electrons. The molecule has 6 heteroatoms. The van der Waals surface area contributed by atoms with Crippen LogP contribution in [-0.2, 0) is 6.42 Å². The van der Waals surface area contributed by atoms with E-state index in [0.29, 0.717) is 11.5 Å². The van der Waals surface area contributed by atoms with E-state index in [0.717, 1.165) is 23.5 Å². The Morgan fingerprint density at radius 1 is 1.35 bits per heavy atom. The molecule has 0 aliphatic heterocycles. The number of hydrogen-bond acceptors (Lipinski definition) is 4. The van der Waals surface area contributed by atoms with Crippen LogP contribution in [-0.4, -0.2) is 19.6 Å². The average Bonchev–Trinajstić information content (AvgIpc) is 2.87. The van der Waals surface area contributed by atoms with Crippen LogP contribution in [0.1, 0.15) is 18.2 Å². The lowest BCUT2D eigenvalue weighted by Crippen LogP contribution is -2.08. The summed E-state index contributed by atoms with van der Waals surface area (Å²) >= 11 is 0. The summed E-state index contributed by atoms with van der Waals surface area (Å²) in [4.78, 5) is 8.50. The first-order valence-electron chi connectivity index (χ1n) is 6.41. The van der Waals surface area contributed by atoms with Gasteiger partial charge in [0, 0.05) is 16.9 Å². The Kier molecular flexibility index (Phi) is 3.06. The van der Waals surface area contributed by atoms with Crippen LogP contribution < -0.4 is 5.32 Å². The second-order valence-corrected chi connectivity index (χ2v) is 4.49. The summed E-state index contributed by atoms with van der Waals surface area (Å²) in [5, 5.41) is 7.39. The number of hydrogen-bond donors (Lipinski definition) is 1. The van der Waals surface area contributed by atoms with Gasteiger partial charge in [-0.05, 0) is 31.5 Å². The third-order valence-corrected chi connectivity index (χ3v) is 3.17. The lowest BCUT2D eigenvalue weighted by atomic mass is 10.1. The molecule has 0 atom stereocenters. The van der Waals surface area contributed by atoms with Gasteiger partial charge in [0.05, 0.1) is 0 Å². The minimum absolute atomic E-state index is 0.284. The molecule has 5 nitrogen and oxygen atoms in total. The Morgan fingerprint density at radius 3 is 2.95 bits per heavy atom. The van der Waals surface area contributed by atoms with Gasteiger partial charge < -0.3 is 5.32 Å². The van der Waals surface area contributed by atoms with Crippen LogP contribution in [0.4, 0.5) is 15.9 Å². The van der Waals surface area contributed by atoms with Crippen molar-refractivity contribution in [1.29, 1.82) is 0 Å². The van der Waals surface area contributed by atoms with Crippen molar-refractivity contribution in [2.45, 2.75) is 20.3 Å². The van der Waals surface area contributed by atoms with Crippen molar-refractivity contribution in [3.05, 3.63) is 47.7 Å². The molecule has 3 rings (SSSR count). The minimum atomic E-state index is -0.284. The predicted octanol–water partition coefficient (Wildman–Crippen LogP) is 2.88. The molecule has 0 spiro atoms. The summed E-state index contributed by atoms with van der Waals surface area (Å²) in [6.45, 7) is 3.98. The molecule has 0 amide bonds. The van der Waals surface area contributed by atoms with Crippen LogP contribution in [0.5, 0.6) is 0 Å². The summed E-state index contributed by atoms with van der Waals surface area (Å²) < 4.78 is 14.9. The Bertz CT molecular complexity index is 765. The van der Waals surface area contributed by atoms with Gasteiger partial charge >= 0.3 is 0 Å². The number of rotatable bonds is 3. The van der Waals surface area contributed by atoms with Crippen LogP contribution in [0, 0.1) is 12.7 Å². The first kappa shape index (κ1) is 12.5. The topological polar surface area (TPSA) is 55.1 Å². The van der Waals surface area contributed by atoms with Gasteiger partial charge in [0.25, 0.3) is 5.78 Å². The van der Waals surface area contributed by atoms with Crippen molar-refractivity contribution in [3.63, 3.8) is 0 Å². The molecule has 0 fully saturated rings. The van der Waals surface area contributed by atoms with E-state index in [4.69, 9.17) is 0 Å². The minimum Gasteiger partial charge on any atom is -0.340 e. The Labute approximate surface area is 115 Å². The van der Waals surface area contributed by atoms with Gasteiger partial charge in [0.1, 0.15) is 18.0 Å². The standard InChI is InChI=1S/C14H14FN5/c1-3-12-9(2)18-14-16-8-17-20(14)13(12)19-11-6-4-5-10(15)7-11/h4-8,19H,3H2,1-2H3. The molecular weight excluding hydrogens is 257 g/mol. The van der Waals surface area contributed by atoms with Crippen molar-refractivity contribution >= 4 is 17.3 Å². The molecule has 0 saturated carbocycles. The van der Waals surface area contributed by atoms with Crippen molar-refractivity contribution < 1.29 is 4.39 Å². The highest BCUT2D eigenvalue weighted by molar-refractivity contribution is 5.62. The SMILES string of the molecule is CCc1c(C)nc2ncnn2c1Nc1cccc(F)c1. The Balaban J connectivity index is 2.16. The van der Waals surface area contributed by atoms with Gasteiger partial charge in [-0.25, -0.2) is 9.37 Å². The van der Waals surface area contributed by atoms with E-state index in [-0.39, 0.29) is 5.82 Å². The first-order chi connectivity index (χ1) is 9.69. The van der Waals surface area contributed by atoms with Crippen molar-refractivity contribution in [1.82, 2.24) is 19.6 Å². The molecule has 0 aliphatic carbocycles. The molecule has 3 aromatic rings. The molecule has 2 aromatic heterocycles. The van der Waals surface area contributed by atoms with Crippen molar-refractivity contribution in [3.8, 4) is 0 Å². The molecular formula is C14H14FN5. The van der Waals surface area contributed by atoms with E-state index in [9.17, 15) is 4.39 Å². The number of nitrogens with zero attached hydrogens (tertiary/aromatic N) is 4. The lowest BCUT2D eigenvalue weighted by molar-refractivity contribution is 0.628. The number of fused-ring (bicyclic) bond motifs is 1. The molecule has 0 saturated heterocycles. The zero-order valence-electron chi connectivity index (χ0n) is 11.3. The maximum atomic E-state index is 13.3. The second-order valence-electron chi connectivity index (χ2n) is 4.49. The van der Waals surface area contributed by atoms with Crippen LogP contribution in [0.3, 0.4) is 0 Å². The van der Waals surface area contributed by atoms with Gasteiger partial charge in [-0.3, -0.25) is 0 Å². The maximum absolute atomic E-state index is 13.3. The third kappa shape index (κ3) is 2.09. The summed E-state index contributed by atoms with van der Waals surface area (Å²) in [6, 6.07) is 6.32. The molecule has 1 N–H and O–H groups in total. The molecule has 2 heterocycles. The molecule has 20 heavy (non-hydrogen) atoms. The molecule has 0 bridgehead atoms. The highest BCUT2D eigenvalue weighted by atomic mass is 19.1. The second kappa shape index (κ2) is 4.88. The van der Waals surface area contributed by atoms with Crippen LogP contribution in [0.25, 0.3) is 5.78 Å². The highest BCUT2D eigenvalue weighted by Gasteiger charge is 2.13. The molecule has 0 unspecified atom stereocenters. The third-order valence-electron chi connectivity index (χ3n) is 3.17. The fraction of sp³-hybridized carbons (Fsp3) is 0.214. The van der Waals surface area contributed by atoms with Gasteiger partial charge in [0.2, 0.25) is 0 Å². The monoisotopic (exact) mass is 271 g/mol. The average molecular weight is 271 g/mol. The Hall–Kier alpha value is -2.50. The fourth-order valence-corrected chi connectivity index (χ4v) is 2.24. The van der Waals surface area contributed by atoms with E-state index < -0.39 is 0 Å².